The molecule has 11 heteroatoms. The smallest absolute Gasteiger partial charge is 0.410 e. The molecule has 3 aromatic carbocycles. The van der Waals surface area contributed by atoms with E-state index in [-0.39, 0.29) is 31.0 Å². The van der Waals surface area contributed by atoms with Crippen molar-refractivity contribution in [2.75, 3.05) is 56.2 Å². The zero-order valence-electron chi connectivity index (χ0n) is 27.8. The Balaban J connectivity index is 1.19. The first-order valence-corrected chi connectivity index (χ1v) is 17.1. The normalized spacial score (nSPS) is 19.8. The molecule has 0 radical (unpaired) electrons. The van der Waals surface area contributed by atoms with Crippen molar-refractivity contribution < 1.29 is 19.1 Å². The van der Waals surface area contributed by atoms with Crippen LogP contribution in [0.2, 0.25) is 0 Å². The van der Waals surface area contributed by atoms with Gasteiger partial charge in [0.25, 0.3) is 5.91 Å². The molecule has 1 aromatic heterocycles. The Hall–Kier alpha value is -5.21. The fourth-order valence-corrected chi connectivity index (χ4v) is 7.23. The monoisotopic (exact) mass is 659 g/mol. The van der Waals surface area contributed by atoms with E-state index in [4.69, 9.17) is 19.4 Å². The van der Waals surface area contributed by atoms with Crippen LogP contribution in [0.1, 0.15) is 47.3 Å². The lowest BCUT2D eigenvalue weighted by Gasteiger charge is -2.41. The second-order valence-electron chi connectivity index (χ2n) is 13.0. The van der Waals surface area contributed by atoms with Crippen molar-refractivity contribution in [2.45, 2.75) is 50.8 Å². The van der Waals surface area contributed by atoms with Gasteiger partial charge < -0.3 is 29.1 Å². The van der Waals surface area contributed by atoms with Gasteiger partial charge >= 0.3 is 12.1 Å². The summed E-state index contributed by atoms with van der Waals surface area (Å²) < 4.78 is 11.9. The van der Waals surface area contributed by atoms with Crippen molar-refractivity contribution in [3.8, 4) is 12.1 Å². The third kappa shape index (κ3) is 6.87. The first-order valence-electron chi connectivity index (χ1n) is 17.1. The molecule has 0 spiro atoms. The predicted octanol–water partition coefficient (Wildman–Crippen LogP) is 5.44. The van der Waals surface area contributed by atoms with Crippen molar-refractivity contribution in [2.24, 2.45) is 0 Å². The number of hydrogen-bond acceptors (Lipinski definition) is 9. The van der Waals surface area contributed by atoms with Crippen LogP contribution in [-0.2, 0) is 17.8 Å². The van der Waals surface area contributed by atoms with E-state index in [1.807, 2.05) is 65.6 Å². The molecule has 2 saturated heterocycles. The minimum Gasteiger partial charge on any atom is -0.462 e. The molecule has 4 aromatic rings. The number of likely N-dealkylation sites (tertiary alicyclic amines) is 1. The van der Waals surface area contributed by atoms with Gasteiger partial charge in [0.1, 0.15) is 24.7 Å². The van der Waals surface area contributed by atoms with Gasteiger partial charge in [-0.05, 0) is 56.3 Å². The van der Waals surface area contributed by atoms with Crippen molar-refractivity contribution in [1.29, 1.82) is 5.26 Å². The zero-order chi connectivity index (χ0) is 33.7. The fraction of sp³-hybridized carbons (Fsp3) is 0.395. The van der Waals surface area contributed by atoms with E-state index in [1.54, 1.807) is 4.90 Å². The van der Waals surface area contributed by atoms with Crippen LogP contribution in [-0.4, -0.2) is 90.2 Å². The molecule has 0 unspecified atom stereocenters. The minimum atomic E-state index is -0.448. The van der Waals surface area contributed by atoms with E-state index in [9.17, 15) is 14.9 Å². The lowest BCUT2D eigenvalue weighted by molar-refractivity contribution is 0.0767. The van der Waals surface area contributed by atoms with Gasteiger partial charge in [-0.3, -0.25) is 4.79 Å². The maximum Gasteiger partial charge on any atom is 0.410 e. The van der Waals surface area contributed by atoms with Gasteiger partial charge in [0.15, 0.2) is 0 Å². The van der Waals surface area contributed by atoms with E-state index in [2.05, 4.69) is 35.0 Å². The highest BCUT2D eigenvalue weighted by atomic mass is 16.6. The molecule has 252 valence electrons. The molecule has 7 rings (SSSR count). The molecular formula is C38H41N7O4. The average Bonchev–Trinajstić information content (AvgIpc) is 3.48. The number of likely N-dealkylation sites (N-methyl/N-ethyl adjacent to an activating group) is 1. The van der Waals surface area contributed by atoms with Gasteiger partial charge in [0.05, 0.1) is 24.2 Å². The standard InChI is InChI=1S/C38H41N7O4/c1-42-20-8-14-30(42)26-48-37-40-34-32(16-9-21-45(36(34)46)33-17-7-13-28-12-5-6-15-31(28)33)35(41-37)43-22-23-44(29(24-43)18-19-39)38(47)49-25-27-10-3-2-4-11-27/h2-7,10-13,15,17,29-30H,8-9,14,16,18,20-26H2,1H3/t29-,30-/m0/s1. The van der Waals surface area contributed by atoms with Crippen LogP contribution in [0.5, 0.6) is 6.01 Å². The largest absolute Gasteiger partial charge is 0.462 e. The summed E-state index contributed by atoms with van der Waals surface area (Å²) >= 11 is 0. The number of carbonyl (C=O) groups excluding carboxylic acids is 2. The molecule has 2 fully saturated rings. The Morgan fingerprint density at radius 3 is 2.57 bits per heavy atom. The number of ether oxygens (including phenoxy) is 2. The molecule has 0 bridgehead atoms. The summed E-state index contributed by atoms with van der Waals surface area (Å²) in [6.45, 7) is 3.29. The maximum absolute atomic E-state index is 14.5. The van der Waals surface area contributed by atoms with E-state index in [0.29, 0.717) is 50.7 Å². The SMILES string of the molecule is CN1CCC[C@H]1COc1nc2c(c(N3CCN(C(=O)OCc4ccccc4)[C@@H](CC#N)C3)n1)CCCN(c1cccc3ccccc13)C2=O. The first kappa shape index (κ1) is 32.3. The second-order valence-corrected chi connectivity index (χ2v) is 13.0. The minimum absolute atomic E-state index is 0.134. The molecule has 49 heavy (non-hydrogen) atoms. The maximum atomic E-state index is 14.5. The molecule has 0 N–H and O–H groups in total. The number of carbonyl (C=O) groups is 2. The molecule has 0 aliphatic carbocycles. The van der Waals surface area contributed by atoms with Crippen LogP contribution in [0, 0.1) is 11.3 Å². The van der Waals surface area contributed by atoms with E-state index < -0.39 is 12.1 Å². The first-order chi connectivity index (χ1) is 24.0. The van der Waals surface area contributed by atoms with Crippen LogP contribution in [0.15, 0.2) is 72.8 Å². The number of rotatable bonds is 8. The highest BCUT2D eigenvalue weighted by molar-refractivity contribution is 6.11. The van der Waals surface area contributed by atoms with Crippen LogP contribution in [0.3, 0.4) is 0 Å². The summed E-state index contributed by atoms with van der Waals surface area (Å²) in [4.78, 5) is 45.3. The Labute approximate surface area is 286 Å². The van der Waals surface area contributed by atoms with Crippen molar-refractivity contribution in [3.05, 3.63) is 89.6 Å². The molecule has 2 amide bonds. The number of piperazine rings is 1. The second kappa shape index (κ2) is 14.5. The number of benzene rings is 3. The molecule has 3 aliphatic heterocycles. The number of fused-ring (bicyclic) bond motifs is 2. The molecular weight excluding hydrogens is 618 g/mol. The van der Waals surface area contributed by atoms with Gasteiger partial charge in [0.2, 0.25) is 0 Å². The van der Waals surface area contributed by atoms with Gasteiger partial charge in [-0.2, -0.15) is 15.2 Å². The highest BCUT2D eigenvalue weighted by Crippen LogP contribution is 2.34. The molecule has 3 aliphatic rings. The predicted molar refractivity (Wildman–Crippen MR) is 187 cm³/mol. The van der Waals surface area contributed by atoms with Crippen molar-refractivity contribution in [3.63, 3.8) is 0 Å². The summed E-state index contributed by atoms with van der Waals surface area (Å²) in [6, 6.07) is 25.9. The number of nitriles is 1. The summed E-state index contributed by atoms with van der Waals surface area (Å²) in [7, 11) is 2.09. The number of hydrogen-bond donors (Lipinski definition) is 0. The number of aromatic nitrogens is 2. The zero-order valence-corrected chi connectivity index (χ0v) is 27.8. The van der Waals surface area contributed by atoms with Crippen LogP contribution in [0.4, 0.5) is 16.3 Å². The molecule has 11 nitrogen and oxygen atoms in total. The van der Waals surface area contributed by atoms with Crippen LogP contribution < -0.4 is 14.5 Å². The van der Waals surface area contributed by atoms with Crippen LogP contribution in [0.25, 0.3) is 10.8 Å². The summed E-state index contributed by atoms with van der Waals surface area (Å²) in [6.07, 6.45) is 3.15. The van der Waals surface area contributed by atoms with Gasteiger partial charge in [-0.1, -0.05) is 66.7 Å². The average molecular weight is 660 g/mol. The lowest BCUT2D eigenvalue weighted by Crippen LogP contribution is -2.55. The van der Waals surface area contributed by atoms with E-state index >= 15 is 0 Å². The Morgan fingerprint density at radius 1 is 0.939 bits per heavy atom. The number of anilines is 2. The lowest BCUT2D eigenvalue weighted by atomic mass is 10.1. The molecule has 4 heterocycles. The summed E-state index contributed by atoms with van der Waals surface area (Å²) in [5, 5.41) is 11.8. The third-order valence-electron chi connectivity index (χ3n) is 9.90. The quantitative estimate of drug-likeness (QED) is 0.244. The highest BCUT2D eigenvalue weighted by Gasteiger charge is 2.36. The molecule has 0 saturated carbocycles. The number of nitrogens with zero attached hydrogens (tertiary/aromatic N) is 7. The Bertz CT molecular complexity index is 1860. The van der Waals surface area contributed by atoms with Crippen LogP contribution >= 0.6 is 0 Å². The van der Waals surface area contributed by atoms with Gasteiger partial charge in [-0.25, -0.2) is 4.79 Å². The number of amides is 2. The van der Waals surface area contributed by atoms with Gasteiger partial charge in [-0.15, -0.1) is 0 Å². The third-order valence-corrected chi connectivity index (χ3v) is 9.90. The summed E-state index contributed by atoms with van der Waals surface area (Å²) in [5.41, 5.74) is 2.86. The Morgan fingerprint density at radius 2 is 1.76 bits per heavy atom. The van der Waals surface area contributed by atoms with Gasteiger partial charge in [0, 0.05) is 43.2 Å². The van der Waals surface area contributed by atoms with Crippen molar-refractivity contribution >= 4 is 34.3 Å². The van der Waals surface area contributed by atoms with E-state index in [0.717, 1.165) is 53.4 Å². The molecule has 2 atom stereocenters. The van der Waals surface area contributed by atoms with Crippen molar-refractivity contribution in [1.82, 2.24) is 19.8 Å². The Kier molecular flexibility index (Phi) is 9.57. The fourth-order valence-electron chi connectivity index (χ4n) is 7.23. The van der Waals surface area contributed by atoms with E-state index in [1.165, 1.54) is 0 Å². The summed E-state index contributed by atoms with van der Waals surface area (Å²) in [5.74, 6) is 0.445. The topological polar surface area (TPSA) is 115 Å².